The van der Waals surface area contributed by atoms with Crippen molar-refractivity contribution < 1.29 is 14.4 Å². The van der Waals surface area contributed by atoms with Gasteiger partial charge in [-0.05, 0) is 30.0 Å². The van der Waals surface area contributed by atoms with E-state index < -0.39 is 0 Å². The van der Waals surface area contributed by atoms with Crippen LogP contribution in [0, 0.1) is 0 Å². The molecule has 0 aliphatic heterocycles. The predicted molar refractivity (Wildman–Crippen MR) is 98.9 cm³/mol. The van der Waals surface area contributed by atoms with Crippen LogP contribution in [0.15, 0.2) is 47.4 Å². The molecule has 0 aromatic heterocycles. The van der Waals surface area contributed by atoms with E-state index in [1.807, 2.05) is 24.5 Å². The van der Waals surface area contributed by atoms with Gasteiger partial charge in [-0.15, -0.1) is 11.8 Å². The summed E-state index contributed by atoms with van der Waals surface area (Å²) >= 11 is 1.62. The topological polar surface area (TPSA) is 42.8 Å². The van der Waals surface area contributed by atoms with Gasteiger partial charge in [0.05, 0.1) is 26.8 Å². The lowest BCUT2D eigenvalue weighted by atomic mass is 10.1. The SMILES string of the molecule is COc1cc(SC)ccc1C(=O)NCc1ccc(C[NH+](C)C)cc1. The van der Waals surface area contributed by atoms with E-state index in [2.05, 4.69) is 43.7 Å². The van der Waals surface area contributed by atoms with E-state index >= 15 is 0 Å². The first-order valence-corrected chi connectivity index (χ1v) is 9.13. The average molecular weight is 345 g/mol. The first-order valence-electron chi connectivity index (χ1n) is 7.90. The van der Waals surface area contributed by atoms with Crippen molar-refractivity contribution in [3.63, 3.8) is 0 Å². The minimum atomic E-state index is -0.124. The number of hydrogen-bond donors (Lipinski definition) is 2. The van der Waals surface area contributed by atoms with E-state index in [9.17, 15) is 4.79 Å². The van der Waals surface area contributed by atoms with Gasteiger partial charge in [0.2, 0.25) is 0 Å². The first kappa shape index (κ1) is 18.4. The van der Waals surface area contributed by atoms with Gasteiger partial charge >= 0.3 is 0 Å². The maximum atomic E-state index is 12.4. The fraction of sp³-hybridized carbons (Fsp3) is 0.316. The van der Waals surface area contributed by atoms with Gasteiger partial charge in [-0.1, -0.05) is 24.3 Å². The molecule has 0 bridgehead atoms. The quantitative estimate of drug-likeness (QED) is 0.754. The minimum Gasteiger partial charge on any atom is -0.496 e. The Kier molecular flexibility index (Phi) is 6.70. The Morgan fingerprint density at radius 2 is 1.79 bits per heavy atom. The molecule has 0 aliphatic rings. The third kappa shape index (κ3) is 5.01. The Morgan fingerprint density at radius 1 is 1.12 bits per heavy atom. The van der Waals surface area contributed by atoms with Crippen molar-refractivity contribution in [1.82, 2.24) is 5.32 Å². The number of nitrogens with one attached hydrogen (secondary N) is 2. The number of thioether (sulfide) groups is 1. The van der Waals surface area contributed by atoms with E-state index in [-0.39, 0.29) is 5.91 Å². The normalized spacial score (nSPS) is 10.7. The van der Waals surface area contributed by atoms with Crippen LogP contribution < -0.4 is 15.0 Å². The highest BCUT2D eigenvalue weighted by Crippen LogP contribution is 2.25. The number of carbonyl (C=O) groups is 1. The summed E-state index contributed by atoms with van der Waals surface area (Å²) in [5, 5.41) is 2.96. The molecular weight excluding hydrogens is 320 g/mol. The molecule has 5 heteroatoms. The van der Waals surface area contributed by atoms with Gasteiger partial charge in [-0.2, -0.15) is 0 Å². The highest BCUT2D eigenvalue weighted by molar-refractivity contribution is 7.98. The van der Waals surface area contributed by atoms with Gasteiger partial charge in [-0.3, -0.25) is 4.79 Å². The summed E-state index contributed by atoms with van der Waals surface area (Å²) in [6, 6.07) is 14.0. The van der Waals surface area contributed by atoms with Crippen LogP contribution in [0.25, 0.3) is 0 Å². The third-order valence-electron chi connectivity index (χ3n) is 3.69. The molecule has 2 N–H and O–H groups in total. The smallest absolute Gasteiger partial charge is 0.255 e. The van der Waals surface area contributed by atoms with Gasteiger partial charge in [0.1, 0.15) is 12.3 Å². The molecule has 0 spiro atoms. The maximum absolute atomic E-state index is 12.4. The Balaban J connectivity index is 2.00. The van der Waals surface area contributed by atoms with E-state index in [0.29, 0.717) is 17.9 Å². The third-order valence-corrected chi connectivity index (χ3v) is 4.41. The predicted octanol–water partition coefficient (Wildman–Crippen LogP) is 1.99. The zero-order chi connectivity index (χ0) is 17.5. The molecular formula is C19H25N2O2S+. The molecule has 128 valence electrons. The number of amides is 1. The summed E-state index contributed by atoms with van der Waals surface area (Å²) in [5.74, 6) is 0.477. The van der Waals surface area contributed by atoms with Crippen molar-refractivity contribution >= 4 is 17.7 Å². The highest BCUT2D eigenvalue weighted by atomic mass is 32.2. The van der Waals surface area contributed by atoms with E-state index in [1.54, 1.807) is 18.9 Å². The summed E-state index contributed by atoms with van der Waals surface area (Å²) in [5.41, 5.74) is 2.93. The van der Waals surface area contributed by atoms with Crippen LogP contribution in [-0.2, 0) is 13.1 Å². The van der Waals surface area contributed by atoms with Crippen LogP contribution in [-0.4, -0.2) is 33.4 Å². The van der Waals surface area contributed by atoms with E-state index in [1.165, 1.54) is 10.5 Å². The molecule has 24 heavy (non-hydrogen) atoms. The molecule has 2 rings (SSSR count). The fourth-order valence-corrected chi connectivity index (χ4v) is 2.88. The second-order valence-corrected chi connectivity index (χ2v) is 6.83. The summed E-state index contributed by atoms with van der Waals surface area (Å²) in [4.78, 5) is 14.9. The summed E-state index contributed by atoms with van der Waals surface area (Å²) < 4.78 is 5.34. The summed E-state index contributed by atoms with van der Waals surface area (Å²) in [7, 11) is 5.84. The minimum absolute atomic E-state index is 0.124. The second-order valence-electron chi connectivity index (χ2n) is 5.95. The van der Waals surface area contributed by atoms with Crippen LogP contribution in [0.3, 0.4) is 0 Å². The van der Waals surface area contributed by atoms with Crippen LogP contribution >= 0.6 is 11.8 Å². The van der Waals surface area contributed by atoms with Crippen molar-refractivity contribution in [2.75, 3.05) is 27.5 Å². The zero-order valence-electron chi connectivity index (χ0n) is 14.7. The molecule has 0 radical (unpaired) electrons. The molecule has 0 unspecified atom stereocenters. The van der Waals surface area contributed by atoms with Crippen molar-refractivity contribution in [3.05, 3.63) is 59.2 Å². The van der Waals surface area contributed by atoms with Gasteiger partial charge in [-0.25, -0.2) is 0 Å². The van der Waals surface area contributed by atoms with Crippen LogP contribution in [0.1, 0.15) is 21.5 Å². The number of quaternary nitrogens is 1. The zero-order valence-corrected chi connectivity index (χ0v) is 15.5. The lowest BCUT2D eigenvalue weighted by Gasteiger charge is -2.11. The lowest BCUT2D eigenvalue weighted by Crippen LogP contribution is -3.04. The van der Waals surface area contributed by atoms with E-state index in [0.717, 1.165) is 17.0 Å². The number of carbonyl (C=O) groups excluding carboxylic acids is 1. The van der Waals surface area contributed by atoms with Crippen LogP contribution in [0.2, 0.25) is 0 Å². The Labute approximate surface area is 148 Å². The first-order chi connectivity index (χ1) is 11.5. The monoisotopic (exact) mass is 345 g/mol. The fourth-order valence-electron chi connectivity index (χ4n) is 2.45. The molecule has 4 nitrogen and oxygen atoms in total. The molecule has 0 fully saturated rings. The van der Waals surface area contributed by atoms with Gasteiger partial charge in [0, 0.05) is 17.0 Å². The summed E-state index contributed by atoms with van der Waals surface area (Å²) in [6.07, 6.45) is 2.00. The molecule has 0 heterocycles. The van der Waals surface area contributed by atoms with Gasteiger partial charge < -0.3 is 15.0 Å². The average Bonchev–Trinajstić information content (AvgIpc) is 2.59. The number of ether oxygens (including phenoxy) is 1. The Bertz CT molecular complexity index is 684. The van der Waals surface area contributed by atoms with Gasteiger partial charge in [0.15, 0.2) is 0 Å². The molecule has 0 aliphatic carbocycles. The molecule has 1 amide bonds. The highest BCUT2D eigenvalue weighted by Gasteiger charge is 2.12. The number of rotatable bonds is 7. The largest absolute Gasteiger partial charge is 0.496 e. The molecule has 0 atom stereocenters. The number of hydrogen-bond acceptors (Lipinski definition) is 3. The summed E-state index contributed by atoms with van der Waals surface area (Å²) in [6.45, 7) is 1.49. The van der Waals surface area contributed by atoms with Crippen molar-refractivity contribution in [2.45, 2.75) is 18.0 Å². The van der Waals surface area contributed by atoms with Crippen LogP contribution in [0.5, 0.6) is 5.75 Å². The van der Waals surface area contributed by atoms with Crippen molar-refractivity contribution in [3.8, 4) is 5.75 Å². The molecule has 0 saturated heterocycles. The second kappa shape index (κ2) is 8.76. The molecule has 2 aromatic carbocycles. The van der Waals surface area contributed by atoms with E-state index in [4.69, 9.17) is 4.74 Å². The maximum Gasteiger partial charge on any atom is 0.255 e. The number of benzene rings is 2. The standard InChI is InChI=1S/C19H24N2O2S/c1-21(2)13-15-7-5-14(6-8-15)12-20-19(22)17-10-9-16(24-4)11-18(17)23-3/h5-11H,12-13H2,1-4H3,(H,20,22)/p+1. The van der Waals surface area contributed by atoms with Crippen LogP contribution in [0.4, 0.5) is 0 Å². The van der Waals surface area contributed by atoms with Crippen molar-refractivity contribution in [2.24, 2.45) is 0 Å². The Morgan fingerprint density at radius 3 is 2.38 bits per heavy atom. The Hall–Kier alpha value is -1.98. The molecule has 2 aromatic rings. The van der Waals surface area contributed by atoms with Gasteiger partial charge in [0.25, 0.3) is 5.91 Å². The number of methoxy groups -OCH3 is 1. The molecule has 0 saturated carbocycles. The lowest BCUT2D eigenvalue weighted by molar-refractivity contribution is -0.872. The van der Waals surface area contributed by atoms with Crippen molar-refractivity contribution in [1.29, 1.82) is 0 Å².